The Bertz CT molecular complexity index is 578. The van der Waals surface area contributed by atoms with E-state index in [0.717, 1.165) is 12.1 Å². The predicted octanol–water partition coefficient (Wildman–Crippen LogP) is 0.431. The summed E-state index contributed by atoms with van der Waals surface area (Å²) in [5, 5.41) is 2.26. The van der Waals surface area contributed by atoms with Gasteiger partial charge in [0, 0.05) is 0 Å². The molecule has 0 spiro atoms. The average molecular weight is 314 g/mol. The van der Waals surface area contributed by atoms with Crippen molar-refractivity contribution in [2.24, 2.45) is 5.73 Å². The van der Waals surface area contributed by atoms with Crippen LogP contribution in [0.4, 0.5) is 8.78 Å². The van der Waals surface area contributed by atoms with Crippen LogP contribution in [0.5, 0.6) is 0 Å². The van der Waals surface area contributed by atoms with Gasteiger partial charge in [0.05, 0.1) is 19.4 Å². The van der Waals surface area contributed by atoms with Crippen LogP contribution in [0.2, 0.25) is 0 Å². The van der Waals surface area contributed by atoms with Crippen molar-refractivity contribution in [1.29, 1.82) is 0 Å². The molecule has 0 aliphatic heterocycles. The minimum Gasteiger partial charge on any atom is -0.466 e. The largest absolute Gasteiger partial charge is 0.466 e. The van der Waals surface area contributed by atoms with Crippen molar-refractivity contribution >= 4 is 17.8 Å². The SMILES string of the molecule is CCOC(=O)C[C@@H](NC(=O)Cc1ccc(F)c(F)c1)C(N)=O. The normalized spacial score (nSPS) is 11.6. The fourth-order valence-electron chi connectivity index (χ4n) is 1.69. The molecule has 0 fully saturated rings. The third-order valence-electron chi connectivity index (χ3n) is 2.70. The van der Waals surface area contributed by atoms with Crippen molar-refractivity contribution in [3.05, 3.63) is 35.4 Å². The van der Waals surface area contributed by atoms with Gasteiger partial charge in [-0.2, -0.15) is 0 Å². The lowest BCUT2D eigenvalue weighted by Gasteiger charge is -2.14. The quantitative estimate of drug-likeness (QED) is 0.713. The second-order valence-corrected chi connectivity index (χ2v) is 4.46. The molecule has 0 saturated carbocycles. The number of hydrogen-bond donors (Lipinski definition) is 2. The van der Waals surface area contributed by atoms with E-state index in [-0.39, 0.29) is 18.6 Å². The van der Waals surface area contributed by atoms with Gasteiger partial charge in [0.15, 0.2) is 11.6 Å². The first-order valence-corrected chi connectivity index (χ1v) is 6.51. The molecule has 3 N–H and O–H groups in total. The maximum Gasteiger partial charge on any atom is 0.308 e. The standard InChI is InChI=1S/C14H16F2N2O4/c1-2-22-13(20)7-11(14(17)21)18-12(19)6-8-3-4-9(15)10(16)5-8/h3-5,11H,2,6-7H2,1H3,(H2,17,21)(H,18,19)/t11-/m1/s1. The van der Waals surface area contributed by atoms with Crippen LogP contribution in [0.3, 0.4) is 0 Å². The maximum atomic E-state index is 13.0. The van der Waals surface area contributed by atoms with Crippen molar-refractivity contribution in [2.45, 2.75) is 25.8 Å². The number of nitrogens with one attached hydrogen (secondary N) is 1. The Morgan fingerprint density at radius 2 is 1.95 bits per heavy atom. The van der Waals surface area contributed by atoms with Crippen LogP contribution < -0.4 is 11.1 Å². The molecule has 6 nitrogen and oxygen atoms in total. The Balaban J connectivity index is 2.65. The highest BCUT2D eigenvalue weighted by molar-refractivity contribution is 5.90. The van der Waals surface area contributed by atoms with E-state index in [9.17, 15) is 23.2 Å². The Morgan fingerprint density at radius 3 is 2.50 bits per heavy atom. The van der Waals surface area contributed by atoms with Crippen molar-refractivity contribution in [1.82, 2.24) is 5.32 Å². The summed E-state index contributed by atoms with van der Waals surface area (Å²) in [6.07, 6.45) is -0.684. The third kappa shape index (κ3) is 5.47. The van der Waals surface area contributed by atoms with Crippen LogP contribution in [0.25, 0.3) is 0 Å². The molecule has 1 aromatic rings. The molecule has 0 radical (unpaired) electrons. The van der Waals surface area contributed by atoms with Gasteiger partial charge in [0.1, 0.15) is 6.04 Å². The number of esters is 1. The number of primary amides is 1. The average Bonchev–Trinajstić information content (AvgIpc) is 2.42. The molecule has 1 rings (SSSR count). The van der Waals surface area contributed by atoms with Gasteiger partial charge in [-0.05, 0) is 24.6 Å². The van der Waals surface area contributed by atoms with Gasteiger partial charge in [-0.3, -0.25) is 14.4 Å². The Labute approximate surface area is 125 Å². The van der Waals surface area contributed by atoms with Gasteiger partial charge < -0.3 is 15.8 Å². The van der Waals surface area contributed by atoms with Crippen molar-refractivity contribution in [3.8, 4) is 0 Å². The van der Waals surface area contributed by atoms with Gasteiger partial charge in [0.2, 0.25) is 11.8 Å². The van der Waals surface area contributed by atoms with Gasteiger partial charge in [-0.15, -0.1) is 0 Å². The maximum absolute atomic E-state index is 13.0. The van der Waals surface area contributed by atoms with Crippen LogP contribution in [0.1, 0.15) is 18.9 Å². The smallest absolute Gasteiger partial charge is 0.308 e. The molecule has 120 valence electrons. The highest BCUT2D eigenvalue weighted by Crippen LogP contribution is 2.09. The van der Waals surface area contributed by atoms with E-state index < -0.39 is 41.9 Å². The summed E-state index contributed by atoms with van der Waals surface area (Å²) in [5.74, 6) is -4.34. The molecule has 1 atom stereocenters. The number of rotatable bonds is 7. The highest BCUT2D eigenvalue weighted by Gasteiger charge is 2.22. The predicted molar refractivity (Wildman–Crippen MR) is 72.4 cm³/mol. The summed E-state index contributed by atoms with van der Waals surface area (Å²) < 4.78 is 30.5. The molecule has 2 amide bonds. The molecular formula is C14H16F2N2O4. The van der Waals surface area contributed by atoms with Crippen molar-refractivity contribution in [2.75, 3.05) is 6.61 Å². The summed E-state index contributed by atoms with van der Waals surface area (Å²) in [6, 6.07) is 1.78. The van der Waals surface area contributed by atoms with Crippen molar-refractivity contribution < 1.29 is 27.9 Å². The zero-order valence-electron chi connectivity index (χ0n) is 11.9. The number of halogens is 2. The van der Waals surface area contributed by atoms with E-state index in [0.29, 0.717) is 0 Å². The number of carbonyl (C=O) groups is 3. The molecule has 0 aliphatic rings. The van der Waals surface area contributed by atoms with Crippen LogP contribution in [-0.2, 0) is 25.5 Å². The number of nitrogens with two attached hydrogens (primary N) is 1. The molecule has 22 heavy (non-hydrogen) atoms. The first kappa shape index (κ1) is 17.5. The third-order valence-corrected chi connectivity index (χ3v) is 2.70. The molecule has 0 aliphatic carbocycles. The van der Waals surface area contributed by atoms with E-state index in [4.69, 9.17) is 5.73 Å². The molecular weight excluding hydrogens is 298 g/mol. The topological polar surface area (TPSA) is 98.5 Å². The van der Waals surface area contributed by atoms with Crippen LogP contribution in [0.15, 0.2) is 18.2 Å². The van der Waals surface area contributed by atoms with Gasteiger partial charge in [-0.1, -0.05) is 6.07 Å². The molecule has 0 saturated heterocycles. The second kappa shape index (κ2) is 8.06. The molecule has 0 bridgehead atoms. The van der Waals surface area contributed by atoms with Gasteiger partial charge in [-0.25, -0.2) is 8.78 Å². The second-order valence-electron chi connectivity index (χ2n) is 4.46. The minimum absolute atomic E-state index is 0.132. The molecule has 0 aromatic heterocycles. The lowest BCUT2D eigenvalue weighted by Crippen LogP contribution is -2.46. The number of amides is 2. The Morgan fingerprint density at radius 1 is 1.27 bits per heavy atom. The molecule has 0 unspecified atom stereocenters. The zero-order valence-corrected chi connectivity index (χ0v) is 11.9. The Kier molecular flexibility index (Phi) is 6.43. The van der Waals surface area contributed by atoms with E-state index in [1.165, 1.54) is 6.07 Å². The van der Waals surface area contributed by atoms with Crippen LogP contribution >= 0.6 is 0 Å². The van der Waals surface area contributed by atoms with E-state index in [1.807, 2.05) is 0 Å². The van der Waals surface area contributed by atoms with Crippen LogP contribution in [-0.4, -0.2) is 30.4 Å². The van der Waals surface area contributed by atoms with E-state index in [2.05, 4.69) is 10.1 Å². The van der Waals surface area contributed by atoms with Gasteiger partial charge in [0.25, 0.3) is 0 Å². The van der Waals surface area contributed by atoms with E-state index in [1.54, 1.807) is 6.92 Å². The fourth-order valence-corrected chi connectivity index (χ4v) is 1.69. The molecule has 1 aromatic carbocycles. The van der Waals surface area contributed by atoms with E-state index >= 15 is 0 Å². The summed E-state index contributed by atoms with van der Waals surface area (Å²) in [5.41, 5.74) is 5.31. The van der Waals surface area contributed by atoms with Crippen LogP contribution in [0, 0.1) is 11.6 Å². The lowest BCUT2D eigenvalue weighted by molar-refractivity contribution is -0.145. The number of carbonyl (C=O) groups excluding carboxylic acids is 3. The molecule has 0 heterocycles. The first-order chi connectivity index (χ1) is 10.3. The highest BCUT2D eigenvalue weighted by atomic mass is 19.2. The lowest BCUT2D eigenvalue weighted by atomic mass is 10.1. The summed E-state index contributed by atoms with van der Waals surface area (Å²) in [6.45, 7) is 1.73. The summed E-state index contributed by atoms with van der Waals surface area (Å²) in [4.78, 5) is 34.3. The van der Waals surface area contributed by atoms with Gasteiger partial charge >= 0.3 is 5.97 Å². The Hall–Kier alpha value is -2.51. The number of hydrogen-bond acceptors (Lipinski definition) is 4. The first-order valence-electron chi connectivity index (χ1n) is 6.51. The summed E-state index contributed by atoms with van der Waals surface area (Å²) in [7, 11) is 0. The summed E-state index contributed by atoms with van der Waals surface area (Å²) >= 11 is 0. The zero-order chi connectivity index (χ0) is 16.7. The van der Waals surface area contributed by atoms with Crippen molar-refractivity contribution in [3.63, 3.8) is 0 Å². The molecule has 8 heteroatoms. The number of ether oxygens (including phenoxy) is 1. The fraction of sp³-hybridized carbons (Fsp3) is 0.357. The monoisotopic (exact) mass is 314 g/mol. The minimum atomic E-state index is -1.23. The number of benzene rings is 1.